The van der Waals surface area contributed by atoms with Crippen LogP contribution in [0.3, 0.4) is 0 Å². The molecule has 0 saturated carbocycles. The van der Waals surface area contributed by atoms with Crippen molar-refractivity contribution < 1.29 is 9.84 Å². The van der Waals surface area contributed by atoms with Gasteiger partial charge in [-0.15, -0.1) is 0 Å². The quantitative estimate of drug-likeness (QED) is 0.879. The molecule has 2 atom stereocenters. The standard InChI is InChI=1S/C14H20ClNO2/c1-14(17,9-13-10-18-6-5-16-13)8-11-3-2-4-12(15)7-11/h2-4,7,13,16-17H,5-6,8-10H2,1H3. The number of hydrogen-bond donors (Lipinski definition) is 2. The summed E-state index contributed by atoms with van der Waals surface area (Å²) in [5.41, 5.74) is 0.312. The Kier molecular flexibility index (Phi) is 4.62. The van der Waals surface area contributed by atoms with Gasteiger partial charge in [0.05, 0.1) is 18.8 Å². The summed E-state index contributed by atoms with van der Waals surface area (Å²) in [6.45, 7) is 4.15. The maximum Gasteiger partial charge on any atom is 0.0675 e. The smallest absolute Gasteiger partial charge is 0.0675 e. The molecular formula is C14H20ClNO2. The van der Waals surface area contributed by atoms with Gasteiger partial charge in [0.1, 0.15) is 0 Å². The van der Waals surface area contributed by atoms with Gasteiger partial charge >= 0.3 is 0 Å². The van der Waals surface area contributed by atoms with E-state index in [2.05, 4.69) is 5.32 Å². The Balaban J connectivity index is 1.93. The zero-order valence-corrected chi connectivity index (χ0v) is 11.4. The molecule has 1 heterocycles. The third kappa shape index (κ3) is 4.25. The SMILES string of the molecule is CC(O)(Cc1cccc(Cl)c1)CC1COCCN1. The number of nitrogens with one attached hydrogen (secondary N) is 1. The minimum absolute atomic E-state index is 0.230. The van der Waals surface area contributed by atoms with Gasteiger partial charge in [-0.2, -0.15) is 0 Å². The number of halogens is 1. The third-order valence-electron chi connectivity index (χ3n) is 3.16. The summed E-state index contributed by atoms with van der Waals surface area (Å²) in [6, 6.07) is 7.88. The Hall–Kier alpha value is -0.610. The fraction of sp³-hybridized carbons (Fsp3) is 0.571. The van der Waals surface area contributed by atoms with E-state index in [1.165, 1.54) is 0 Å². The van der Waals surface area contributed by atoms with E-state index in [0.717, 1.165) is 18.7 Å². The Morgan fingerprint density at radius 1 is 1.56 bits per heavy atom. The monoisotopic (exact) mass is 269 g/mol. The fourth-order valence-electron chi connectivity index (χ4n) is 2.44. The van der Waals surface area contributed by atoms with Crippen molar-refractivity contribution in [3.8, 4) is 0 Å². The highest BCUT2D eigenvalue weighted by Crippen LogP contribution is 2.21. The van der Waals surface area contributed by atoms with Gasteiger partial charge < -0.3 is 15.2 Å². The Bertz CT molecular complexity index is 389. The van der Waals surface area contributed by atoms with Crippen molar-refractivity contribution in [2.24, 2.45) is 0 Å². The van der Waals surface area contributed by atoms with Gasteiger partial charge in [-0.1, -0.05) is 23.7 Å². The van der Waals surface area contributed by atoms with Crippen LogP contribution in [-0.2, 0) is 11.2 Å². The summed E-state index contributed by atoms with van der Waals surface area (Å²) in [5, 5.41) is 14.5. The summed E-state index contributed by atoms with van der Waals surface area (Å²) >= 11 is 5.95. The lowest BCUT2D eigenvalue weighted by Gasteiger charge is -2.31. The maximum atomic E-state index is 10.5. The van der Waals surface area contributed by atoms with Crippen LogP contribution in [0.2, 0.25) is 5.02 Å². The number of rotatable bonds is 4. The maximum absolute atomic E-state index is 10.5. The summed E-state index contributed by atoms with van der Waals surface area (Å²) < 4.78 is 5.40. The molecule has 2 unspecified atom stereocenters. The topological polar surface area (TPSA) is 41.5 Å². The van der Waals surface area contributed by atoms with Crippen LogP contribution < -0.4 is 5.32 Å². The molecule has 0 amide bonds. The molecule has 1 aliphatic rings. The Morgan fingerprint density at radius 2 is 2.39 bits per heavy atom. The summed E-state index contributed by atoms with van der Waals surface area (Å²) in [4.78, 5) is 0. The molecular weight excluding hydrogens is 250 g/mol. The van der Waals surface area contributed by atoms with E-state index in [-0.39, 0.29) is 6.04 Å². The third-order valence-corrected chi connectivity index (χ3v) is 3.39. The number of morpholine rings is 1. The molecule has 1 aromatic carbocycles. The van der Waals surface area contributed by atoms with Gasteiger partial charge in [-0.05, 0) is 31.0 Å². The van der Waals surface area contributed by atoms with Crippen molar-refractivity contribution in [3.05, 3.63) is 34.9 Å². The van der Waals surface area contributed by atoms with Crippen molar-refractivity contribution in [1.82, 2.24) is 5.32 Å². The second-order valence-electron chi connectivity index (χ2n) is 5.23. The van der Waals surface area contributed by atoms with Gasteiger partial charge in [0.2, 0.25) is 0 Å². The zero-order valence-electron chi connectivity index (χ0n) is 10.7. The molecule has 0 spiro atoms. The molecule has 0 aromatic heterocycles. The first-order valence-corrected chi connectivity index (χ1v) is 6.71. The van der Waals surface area contributed by atoms with Gasteiger partial charge in [-0.25, -0.2) is 0 Å². The highest BCUT2D eigenvalue weighted by Gasteiger charge is 2.27. The predicted molar refractivity (Wildman–Crippen MR) is 73.0 cm³/mol. The molecule has 0 radical (unpaired) electrons. The molecule has 1 aromatic rings. The van der Waals surface area contributed by atoms with Crippen molar-refractivity contribution in [2.75, 3.05) is 19.8 Å². The lowest BCUT2D eigenvalue weighted by Crippen LogP contribution is -2.46. The van der Waals surface area contributed by atoms with E-state index in [4.69, 9.17) is 16.3 Å². The van der Waals surface area contributed by atoms with Crippen LogP contribution >= 0.6 is 11.6 Å². The van der Waals surface area contributed by atoms with Crippen molar-refractivity contribution in [3.63, 3.8) is 0 Å². The van der Waals surface area contributed by atoms with Crippen LogP contribution in [0.5, 0.6) is 0 Å². The lowest BCUT2D eigenvalue weighted by atomic mass is 9.90. The van der Waals surface area contributed by atoms with Crippen LogP contribution in [-0.4, -0.2) is 36.5 Å². The molecule has 100 valence electrons. The second kappa shape index (κ2) is 6.02. The Labute approximate surface area is 113 Å². The van der Waals surface area contributed by atoms with E-state index in [0.29, 0.717) is 24.5 Å². The molecule has 2 N–H and O–H groups in total. The van der Waals surface area contributed by atoms with Gasteiger partial charge in [-0.3, -0.25) is 0 Å². The first kappa shape index (κ1) is 13.8. The predicted octanol–water partition coefficient (Wildman–Crippen LogP) is 2.01. The number of aliphatic hydroxyl groups is 1. The van der Waals surface area contributed by atoms with Crippen LogP contribution in [0.15, 0.2) is 24.3 Å². The average molecular weight is 270 g/mol. The van der Waals surface area contributed by atoms with E-state index < -0.39 is 5.60 Å². The molecule has 3 nitrogen and oxygen atoms in total. The highest BCUT2D eigenvalue weighted by molar-refractivity contribution is 6.30. The zero-order chi connectivity index (χ0) is 13.0. The number of benzene rings is 1. The largest absolute Gasteiger partial charge is 0.390 e. The van der Waals surface area contributed by atoms with E-state index >= 15 is 0 Å². The molecule has 1 saturated heterocycles. The van der Waals surface area contributed by atoms with Crippen molar-refractivity contribution >= 4 is 11.6 Å². The average Bonchev–Trinajstić information content (AvgIpc) is 2.28. The molecule has 1 fully saturated rings. The number of hydrogen-bond acceptors (Lipinski definition) is 3. The van der Waals surface area contributed by atoms with Crippen molar-refractivity contribution in [2.45, 2.75) is 31.4 Å². The minimum Gasteiger partial charge on any atom is -0.390 e. The van der Waals surface area contributed by atoms with Crippen LogP contribution in [0.25, 0.3) is 0 Å². The molecule has 0 aliphatic carbocycles. The van der Waals surface area contributed by atoms with Gasteiger partial charge in [0.15, 0.2) is 0 Å². The first-order valence-electron chi connectivity index (χ1n) is 6.33. The van der Waals surface area contributed by atoms with E-state index in [1.807, 2.05) is 31.2 Å². The lowest BCUT2D eigenvalue weighted by molar-refractivity contribution is 0.00651. The van der Waals surface area contributed by atoms with Crippen LogP contribution in [0.4, 0.5) is 0 Å². The molecule has 2 rings (SSSR count). The molecule has 1 aliphatic heterocycles. The molecule has 18 heavy (non-hydrogen) atoms. The number of ether oxygens (including phenoxy) is 1. The minimum atomic E-state index is -0.747. The molecule has 4 heteroatoms. The van der Waals surface area contributed by atoms with E-state index in [1.54, 1.807) is 0 Å². The van der Waals surface area contributed by atoms with Gasteiger partial charge in [0, 0.05) is 24.0 Å². The highest BCUT2D eigenvalue weighted by atomic mass is 35.5. The fourth-order valence-corrected chi connectivity index (χ4v) is 2.65. The van der Waals surface area contributed by atoms with Crippen molar-refractivity contribution in [1.29, 1.82) is 0 Å². The van der Waals surface area contributed by atoms with Crippen LogP contribution in [0.1, 0.15) is 18.9 Å². The van der Waals surface area contributed by atoms with E-state index in [9.17, 15) is 5.11 Å². The summed E-state index contributed by atoms with van der Waals surface area (Å²) in [6.07, 6.45) is 1.28. The second-order valence-corrected chi connectivity index (χ2v) is 5.67. The van der Waals surface area contributed by atoms with Gasteiger partial charge in [0.25, 0.3) is 0 Å². The Morgan fingerprint density at radius 3 is 3.06 bits per heavy atom. The van der Waals surface area contributed by atoms with Crippen LogP contribution in [0, 0.1) is 0 Å². The first-order chi connectivity index (χ1) is 8.55. The molecule has 0 bridgehead atoms. The summed E-state index contributed by atoms with van der Waals surface area (Å²) in [7, 11) is 0. The summed E-state index contributed by atoms with van der Waals surface area (Å²) in [5.74, 6) is 0. The normalized spacial score (nSPS) is 23.6.